The summed E-state index contributed by atoms with van der Waals surface area (Å²) < 4.78 is 10.2. The summed E-state index contributed by atoms with van der Waals surface area (Å²) in [5.74, 6) is -0.0216. The first kappa shape index (κ1) is 13.9. The quantitative estimate of drug-likeness (QED) is 0.681. The van der Waals surface area contributed by atoms with Crippen LogP contribution < -0.4 is 0 Å². The van der Waals surface area contributed by atoms with Crippen LogP contribution in [0, 0.1) is 0 Å². The predicted octanol–water partition coefficient (Wildman–Crippen LogP) is 3.03. The standard InChI is InChI=1S/C17H18O4/c1-20-16(18)14-9-10-15(21-14)17(19)11-5-4-7-12-6-2-3-8-13(12)17/h2-3,6,8-10,19H,4-5,7,11H2,1H3. The van der Waals surface area contributed by atoms with Gasteiger partial charge in [0.15, 0.2) is 0 Å². The molecule has 21 heavy (non-hydrogen) atoms. The second-order valence-electron chi connectivity index (χ2n) is 5.38. The number of rotatable bonds is 2. The Morgan fingerprint density at radius 1 is 1.24 bits per heavy atom. The van der Waals surface area contributed by atoms with E-state index in [-0.39, 0.29) is 5.76 Å². The summed E-state index contributed by atoms with van der Waals surface area (Å²) in [6.45, 7) is 0. The number of hydrogen-bond acceptors (Lipinski definition) is 4. The molecule has 1 N–H and O–H groups in total. The number of aryl methyl sites for hydroxylation is 1. The molecule has 110 valence electrons. The average molecular weight is 286 g/mol. The minimum Gasteiger partial charge on any atom is -0.463 e. The van der Waals surface area contributed by atoms with E-state index in [1.807, 2.05) is 24.3 Å². The largest absolute Gasteiger partial charge is 0.463 e. The molecule has 1 atom stereocenters. The van der Waals surface area contributed by atoms with Gasteiger partial charge in [-0.3, -0.25) is 0 Å². The first-order valence-corrected chi connectivity index (χ1v) is 7.14. The van der Waals surface area contributed by atoms with Crippen LogP contribution in [0.2, 0.25) is 0 Å². The molecular weight excluding hydrogens is 268 g/mol. The zero-order chi connectivity index (χ0) is 14.9. The van der Waals surface area contributed by atoms with Crippen LogP contribution in [0.15, 0.2) is 40.8 Å². The van der Waals surface area contributed by atoms with E-state index >= 15 is 0 Å². The minimum atomic E-state index is -1.18. The second-order valence-corrected chi connectivity index (χ2v) is 5.38. The highest BCUT2D eigenvalue weighted by molar-refractivity contribution is 5.86. The molecule has 0 spiro atoms. The topological polar surface area (TPSA) is 59.7 Å². The number of methoxy groups -OCH3 is 1. The van der Waals surface area contributed by atoms with Crippen LogP contribution in [-0.2, 0) is 16.8 Å². The monoisotopic (exact) mass is 286 g/mol. The molecule has 1 unspecified atom stereocenters. The Hall–Kier alpha value is -2.07. The minimum absolute atomic E-state index is 0.114. The van der Waals surface area contributed by atoms with Crippen LogP contribution in [0.4, 0.5) is 0 Å². The van der Waals surface area contributed by atoms with E-state index < -0.39 is 11.6 Å². The fourth-order valence-electron chi connectivity index (χ4n) is 3.00. The van der Waals surface area contributed by atoms with Crippen molar-refractivity contribution in [2.75, 3.05) is 7.11 Å². The lowest BCUT2D eigenvalue weighted by molar-refractivity contribution is 0.0408. The van der Waals surface area contributed by atoms with E-state index in [0.717, 1.165) is 30.4 Å². The fraction of sp³-hybridized carbons (Fsp3) is 0.353. The van der Waals surface area contributed by atoms with Crippen molar-refractivity contribution in [2.24, 2.45) is 0 Å². The van der Waals surface area contributed by atoms with E-state index in [1.54, 1.807) is 12.1 Å². The maximum atomic E-state index is 11.5. The highest BCUT2D eigenvalue weighted by Crippen LogP contribution is 2.40. The fourth-order valence-corrected chi connectivity index (χ4v) is 3.00. The van der Waals surface area contributed by atoms with E-state index in [2.05, 4.69) is 4.74 Å². The SMILES string of the molecule is COC(=O)c1ccc(C2(O)CCCCc3ccccc32)o1. The molecule has 0 radical (unpaired) electrons. The maximum Gasteiger partial charge on any atom is 0.373 e. The predicted molar refractivity (Wildman–Crippen MR) is 77.0 cm³/mol. The van der Waals surface area contributed by atoms with Crippen molar-refractivity contribution in [1.29, 1.82) is 0 Å². The van der Waals surface area contributed by atoms with Crippen molar-refractivity contribution < 1.29 is 19.1 Å². The summed E-state index contributed by atoms with van der Waals surface area (Å²) in [6.07, 6.45) is 3.46. The summed E-state index contributed by atoms with van der Waals surface area (Å²) in [4.78, 5) is 11.5. The van der Waals surface area contributed by atoms with Crippen molar-refractivity contribution in [3.05, 3.63) is 59.0 Å². The van der Waals surface area contributed by atoms with Gasteiger partial charge in [-0.1, -0.05) is 24.3 Å². The lowest BCUT2D eigenvalue weighted by Gasteiger charge is -2.26. The number of carbonyl (C=O) groups excluding carboxylic acids is 1. The van der Waals surface area contributed by atoms with Crippen molar-refractivity contribution in [1.82, 2.24) is 0 Å². The molecule has 0 aliphatic heterocycles. The van der Waals surface area contributed by atoms with Gasteiger partial charge in [0, 0.05) is 0 Å². The lowest BCUT2D eigenvalue weighted by Crippen LogP contribution is -2.27. The van der Waals surface area contributed by atoms with Crippen LogP contribution in [0.1, 0.15) is 46.7 Å². The number of furan rings is 1. The third-order valence-electron chi connectivity index (χ3n) is 4.10. The Labute approximate surface area is 123 Å². The van der Waals surface area contributed by atoms with Gasteiger partial charge >= 0.3 is 5.97 Å². The van der Waals surface area contributed by atoms with Crippen molar-refractivity contribution in [2.45, 2.75) is 31.3 Å². The Morgan fingerprint density at radius 3 is 2.86 bits per heavy atom. The molecule has 3 rings (SSSR count). The van der Waals surface area contributed by atoms with Gasteiger partial charge in [-0.25, -0.2) is 4.79 Å². The van der Waals surface area contributed by atoms with Crippen molar-refractivity contribution in [3.8, 4) is 0 Å². The molecule has 0 saturated carbocycles. The highest BCUT2D eigenvalue weighted by atomic mass is 16.5. The molecule has 2 aromatic rings. The van der Waals surface area contributed by atoms with Crippen LogP contribution in [0.25, 0.3) is 0 Å². The lowest BCUT2D eigenvalue weighted by atomic mass is 9.86. The van der Waals surface area contributed by atoms with E-state index in [9.17, 15) is 9.90 Å². The molecule has 4 nitrogen and oxygen atoms in total. The molecule has 0 saturated heterocycles. The molecule has 1 aliphatic rings. The Morgan fingerprint density at radius 2 is 2.05 bits per heavy atom. The van der Waals surface area contributed by atoms with Crippen molar-refractivity contribution >= 4 is 5.97 Å². The van der Waals surface area contributed by atoms with E-state index in [1.165, 1.54) is 7.11 Å². The number of fused-ring (bicyclic) bond motifs is 1. The first-order valence-electron chi connectivity index (χ1n) is 7.14. The van der Waals surface area contributed by atoms with Gasteiger partial charge < -0.3 is 14.3 Å². The van der Waals surface area contributed by atoms with E-state index in [0.29, 0.717) is 12.2 Å². The van der Waals surface area contributed by atoms with Crippen molar-refractivity contribution in [3.63, 3.8) is 0 Å². The molecule has 1 aromatic carbocycles. The van der Waals surface area contributed by atoms with Gasteiger partial charge in [0.2, 0.25) is 5.76 Å². The normalized spacial score (nSPS) is 21.4. The summed E-state index contributed by atoms with van der Waals surface area (Å²) in [6, 6.07) is 11.1. The van der Waals surface area contributed by atoms with Gasteiger partial charge in [-0.2, -0.15) is 0 Å². The van der Waals surface area contributed by atoms with Gasteiger partial charge in [0.25, 0.3) is 0 Å². The Kier molecular flexibility index (Phi) is 3.55. The van der Waals surface area contributed by atoms with Gasteiger partial charge in [-0.05, 0) is 48.9 Å². The molecule has 1 aromatic heterocycles. The molecule has 0 fully saturated rings. The molecular formula is C17H18O4. The first-order chi connectivity index (χ1) is 10.1. The number of ether oxygens (including phenoxy) is 1. The third-order valence-corrected chi connectivity index (χ3v) is 4.10. The summed E-state index contributed by atoms with van der Waals surface area (Å²) in [7, 11) is 1.31. The summed E-state index contributed by atoms with van der Waals surface area (Å²) >= 11 is 0. The molecule has 0 bridgehead atoms. The van der Waals surface area contributed by atoms with Gasteiger partial charge in [-0.15, -0.1) is 0 Å². The molecule has 1 aliphatic carbocycles. The van der Waals surface area contributed by atoms with Crippen LogP contribution in [0.5, 0.6) is 0 Å². The zero-order valence-corrected chi connectivity index (χ0v) is 12.0. The van der Waals surface area contributed by atoms with Crippen LogP contribution in [0.3, 0.4) is 0 Å². The Bertz CT molecular complexity index is 658. The number of carbonyl (C=O) groups is 1. The molecule has 1 heterocycles. The second kappa shape index (κ2) is 5.37. The summed E-state index contributed by atoms with van der Waals surface area (Å²) in [5.41, 5.74) is 0.820. The van der Waals surface area contributed by atoms with Crippen LogP contribution >= 0.6 is 0 Å². The summed E-state index contributed by atoms with van der Waals surface area (Å²) in [5, 5.41) is 11.2. The molecule has 0 amide bonds. The smallest absolute Gasteiger partial charge is 0.373 e. The highest BCUT2D eigenvalue weighted by Gasteiger charge is 2.38. The zero-order valence-electron chi connectivity index (χ0n) is 12.0. The number of aliphatic hydroxyl groups is 1. The van der Waals surface area contributed by atoms with Gasteiger partial charge in [0.05, 0.1) is 7.11 Å². The third kappa shape index (κ3) is 2.36. The van der Waals surface area contributed by atoms with E-state index in [4.69, 9.17) is 4.42 Å². The average Bonchev–Trinajstić information content (AvgIpc) is 2.95. The molecule has 4 heteroatoms. The maximum absolute atomic E-state index is 11.5. The Balaban J connectivity index is 2.07. The van der Waals surface area contributed by atoms with Crippen LogP contribution in [-0.4, -0.2) is 18.2 Å². The number of hydrogen-bond donors (Lipinski definition) is 1. The number of benzene rings is 1. The number of esters is 1. The van der Waals surface area contributed by atoms with Gasteiger partial charge in [0.1, 0.15) is 11.4 Å².